The SMILES string of the molecule is CC[C@@H](C)c1ccc(NC(=O)COC(=O)c2ccc(Cl)cc2)cc1. The Bertz CT molecular complexity index is 696. The van der Waals surface area contributed by atoms with E-state index < -0.39 is 5.97 Å². The highest BCUT2D eigenvalue weighted by Gasteiger charge is 2.10. The Balaban J connectivity index is 1.84. The van der Waals surface area contributed by atoms with Gasteiger partial charge in [-0.2, -0.15) is 0 Å². The van der Waals surface area contributed by atoms with Crippen LogP contribution in [-0.4, -0.2) is 18.5 Å². The van der Waals surface area contributed by atoms with Crippen LogP contribution in [0, 0.1) is 0 Å². The monoisotopic (exact) mass is 345 g/mol. The molecular weight excluding hydrogens is 326 g/mol. The average Bonchev–Trinajstić information content (AvgIpc) is 2.60. The van der Waals surface area contributed by atoms with Crippen LogP contribution in [0.1, 0.15) is 42.1 Å². The van der Waals surface area contributed by atoms with Crippen molar-refractivity contribution in [1.82, 2.24) is 0 Å². The Labute approximate surface area is 146 Å². The molecule has 0 spiro atoms. The smallest absolute Gasteiger partial charge is 0.338 e. The third-order valence-corrected chi connectivity index (χ3v) is 4.04. The Morgan fingerprint density at radius 1 is 1.08 bits per heavy atom. The first-order valence-corrected chi connectivity index (χ1v) is 8.20. The normalized spacial score (nSPS) is 11.6. The summed E-state index contributed by atoms with van der Waals surface area (Å²) in [5.41, 5.74) is 2.25. The number of nitrogens with one attached hydrogen (secondary N) is 1. The van der Waals surface area contributed by atoms with Crippen LogP contribution in [0.5, 0.6) is 0 Å². The highest BCUT2D eigenvalue weighted by atomic mass is 35.5. The number of halogens is 1. The van der Waals surface area contributed by atoms with Crippen molar-refractivity contribution in [1.29, 1.82) is 0 Å². The Hall–Kier alpha value is -2.33. The molecule has 0 aliphatic rings. The van der Waals surface area contributed by atoms with Crippen LogP contribution in [0.25, 0.3) is 0 Å². The van der Waals surface area contributed by atoms with Crippen LogP contribution < -0.4 is 5.32 Å². The largest absolute Gasteiger partial charge is 0.452 e. The van der Waals surface area contributed by atoms with E-state index in [1.54, 1.807) is 24.3 Å². The third-order valence-electron chi connectivity index (χ3n) is 3.79. The van der Waals surface area contributed by atoms with Gasteiger partial charge in [0.25, 0.3) is 5.91 Å². The Morgan fingerprint density at radius 3 is 2.29 bits per heavy atom. The lowest BCUT2D eigenvalue weighted by Crippen LogP contribution is -2.20. The molecule has 0 aromatic heterocycles. The predicted octanol–water partition coefficient (Wildman–Crippen LogP) is 4.65. The standard InChI is InChI=1S/C19H20ClNO3/c1-3-13(2)14-6-10-17(11-7-14)21-18(22)12-24-19(23)15-4-8-16(20)9-5-15/h4-11,13H,3,12H2,1-2H3,(H,21,22)/t13-/m1/s1. The number of amides is 1. The zero-order chi connectivity index (χ0) is 17.5. The van der Waals surface area contributed by atoms with E-state index in [9.17, 15) is 9.59 Å². The van der Waals surface area contributed by atoms with E-state index in [-0.39, 0.29) is 12.5 Å². The minimum atomic E-state index is -0.561. The van der Waals surface area contributed by atoms with E-state index in [2.05, 4.69) is 19.2 Å². The molecule has 0 unspecified atom stereocenters. The summed E-state index contributed by atoms with van der Waals surface area (Å²) < 4.78 is 4.99. The van der Waals surface area contributed by atoms with Gasteiger partial charge in [-0.25, -0.2) is 4.79 Å². The van der Waals surface area contributed by atoms with Crippen LogP contribution >= 0.6 is 11.6 Å². The van der Waals surface area contributed by atoms with Gasteiger partial charge in [-0.05, 0) is 54.3 Å². The van der Waals surface area contributed by atoms with Crippen LogP contribution in [0.15, 0.2) is 48.5 Å². The first kappa shape index (κ1) is 18.0. The van der Waals surface area contributed by atoms with Crippen molar-refractivity contribution in [2.45, 2.75) is 26.2 Å². The van der Waals surface area contributed by atoms with Gasteiger partial charge in [-0.3, -0.25) is 4.79 Å². The summed E-state index contributed by atoms with van der Waals surface area (Å²) in [5, 5.41) is 3.24. The van der Waals surface area contributed by atoms with Crippen LogP contribution in [0.4, 0.5) is 5.69 Å². The number of hydrogen-bond acceptors (Lipinski definition) is 3. The fraction of sp³-hybridized carbons (Fsp3) is 0.263. The minimum Gasteiger partial charge on any atom is -0.452 e. The second kappa shape index (κ2) is 8.50. The summed E-state index contributed by atoms with van der Waals surface area (Å²) in [6, 6.07) is 14.0. The molecule has 0 bridgehead atoms. The summed E-state index contributed by atoms with van der Waals surface area (Å²) in [7, 11) is 0. The molecule has 1 amide bonds. The van der Waals surface area contributed by atoms with Crippen molar-refractivity contribution in [3.8, 4) is 0 Å². The maximum atomic E-state index is 11.9. The summed E-state index contributed by atoms with van der Waals surface area (Å²) in [6.07, 6.45) is 1.06. The molecule has 0 heterocycles. The van der Waals surface area contributed by atoms with Crippen molar-refractivity contribution in [3.05, 3.63) is 64.7 Å². The van der Waals surface area contributed by atoms with Crippen molar-refractivity contribution >= 4 is 29.2 Å². The molecule has 1 atom stereocenters. The van der Waals surface area contributed by atoms with E-state index >= 15 is 0 Å². The van der Waals surface area contributed by atoms with Crippen molar-refractivity contribution < 1.29 is 14.3 Å². The van der Waals surface area contributed by atoms with Gasteiger partial charge in [0, 0.05) is 10.7 Å². The zero-order valence-electron chi connectivity index (χ0n) is 13.7. The van der Waals surface area contributed by atoms with Gasteiger partial charge >= 0.3 is 5.97 Å². The number of anilines is 1. The van der Waals surface area contributed by atoms with E-state index in [1.807, 2.05) is 24.3 Å². The lowest BCUT2D eigenvalue weighted by molar-refractivity contribution is -0.119. The fourth-order valence-electron chi connectivity index (χ4n) is 2.13. The quantitative estimate of drug-likeness (QED) is 0.775. The topological polar surface area (TPSA) is 55.4 Å². The molecule has 4 nitrogen and oxygen atoms in total. The molecule has 0 saturated carbocycles. The van der Waals surface area contributed by atoms with Crippen molar-refractivity contribution in [2.75, 3.05) is 11.9 Å². The van der Waals surface area contributed by atoms with Crippen molar-refractivity contribution in [3.63, 3.8) is 0 Å². The molecule has 1 N–H and O–H groups in total. The molecule has 0 radical (unpaired) electrons. The average molecular weight is 346 g/mol. The lowest BCUT2D eigenvalue weighted by atomic mass is 9.99. The highest BCUT2D eigenvalue weighted by molar-refractivity contribution is 6.30. The highest BCUT2D eigenvalue weighted by Crippen LogP contribution is 2.20. The van der Waals surface area contributed by atoms with Crippen LogP contribution in [0.3, 0.4) is 0 Å². The first-order chi connectivity index (χ1) is 11.5. The van der Waals surface area contributed by atoms with Gasteiger partial charge in [-0.15, -0.1) is 0 Å². The van der Waals surface area contributed by atoms with E-state index in [0.29, 0.717) is 22.2 Å². The predicted molar refractivity (Wildman–Crippen MR) is 95.5 cm³/mol. The number of hydrogen-bond donors (Lipinski definition) is 1. The number of rotatable bonds is 6. The molecule has 2 aromatic rings. The molecule has 126 valence electrons. The number of ether oxygens (including phenoxy) is 1. The molecule has 0 aliphatic heterocycles. The van der Waals surface area contributed by atoms with Gasteiger partial charge in [0.1, 0.15) is 0 Å². The Morgan fingerprint density at radius 2 is 1.71 bits per heavy atom. The minimum absolute atomic E-state index is 0.339. The van der Waals surface area contributed by atoms with E-state index in [1.165, 1.54) is 5.56 Å². The van der Waals surface area contributed by atoms with Crippen molar-refractivity contribution in [2.24, 2.45) is 0 Å². The molecule has 24 heavy (non-hydrogen) atoms. The maximum absolute atomic E-state index is 11.9. The third kappa shape index (κ3) is 5.10. The summed E-state index contributed by atoms with van der Waals surface area (Å²) in [4.78, 5) is 23.7. The number of carbonyl (C=O) groups excluding carboxylic acids is 2. The molecular formula is C19H20ClNO3. The number of benzene rings is 2. The fourth-order valence-corrected chi connectivity index (χ4v) is 2.25. The van der Waals surface area contributed by atoms with E-state index in [0.717, 1.165) is 6.42 Å². The summed E-state index contributed by atoms with van der Waals surface area (Å²) in [6.45, 7) is 3.95. The molecule has 5 heteroatoms. The first-order valence-electron chi connectivity index (χ1n) is 7.82. The zero-order valence-corrected chi connectivity index (χ0v) is 14.5. The molecule has 2 rings (SSSR count). The maximum Gasteiger partial charge on any atom is 0.338 e. The van der Waals surface area contributed by atoms with E-state index in [4.69, 9.17) is 16.3 Å². The van der Waals surface area contributed by atoms with Gasteiger partial charge in [-0.1, -0.05) is 37.6 Å². The second-order valence-corrected chi connectivity index (χ2v) is 6.00. The number of esters is 1. The lowest BCUT2D eigenvalue weighted by Gasteiger charge is -2.10. The summed E-state index contributed by atoms with van der Waals surface area (Å²) in [5.74, 6) is -0.461. The Kier molecular flexibility index (Phi) is 6.38. The molecule has 0 saturated heterocycles. The molecule has 0 fully saturated rings. The molecule has 2 aromatic carbocycles. The van der Waals surface area contributed by atoms with Crippen LogP contribution in [-0.2, 0) is 9.53 Å². The molecule has 0 aliphatic carbocycles. The van der Waals surface area contributed by atoms with Gasteiger partial charge in [0.2, 0.25) is 0 Å². The summed E-state index contributed by atoms with van der Waals surface area (Å²) >= 11 is 5.76. The van der Waals surface area contributed by atoms with Gasteiger partial charge in [0.15, 0.2) is 6.61 Å². The van der Waals surface area contributed by atoms with Gasteiger partial charge < -0.3 is 10.1 Å². The number of carbonyl (C=O) groups is 2. The van der Waals surface area contributed by atoms with Gasteiger partial charge in [0.05, 0.1) is 5.56 Å². The second-order valence-electron chi connectivity index (χ2n) is 5.56. The van der Waals surface area contributed by atoms with Crippen LogP contribution in [0.2, 0.25) is 5.02 Å².